The molecule has 8 heteroatoms. The number of amides is 2. The largest absolute Gasteiger partial charge is 0.444 e. The van der Waals surface area contributed by atoms with Crippen LogP contribution in [0.4, 0.5) is 16.3 Å². The van der Waals surface area contributed by atoms with Crippen molar-refractivity contribution in [3.8, 4) is 0 Å². The van der Waals surface area contributed by atoms with Crippen molar-refractivity contribution in [3.05, 3.63) is 12.5 Å². The maximum atomic E-state index is 12.0. The van der Waals surface area contributed by atoms with Gasteiger partial charge in [-0.05, 0) is 20.8 Å². The SMILES string of the molecule is CC(C)(C)OC(=O)NC1CNc2ncncc2NC1=O. The van der Waals surface area contributed by atoms with Gasteiger partial charge in [0.05, 0.1) is 6.20 Å². The molecular formula is C12H17N5O3. The molecule has 0 bridgehead atoms. The van der Waals surface area contributed by atoms with E-state index in [-0.39, 0.29) is 12.5 Å². The third-order valence-corrected chi connectivity index (χ3v) is 2.45. The minimum Gasteiger partial charge on any atom is -0.444 e. The van der Waals surface area contributed by atoms with E-state index in [1.165, 1.54) is 12.5 Å². The number of alkyl carbamates (subject to hydrolysis) is 1. The Hall–Kier alpha value is -2.38. The summed E-state index contributed by atoms with van der Waals surface area (Å²) in [5, 5.41) is 8.13. The molecule has 0 fully saturated rings. The van der Waals surface area contributed by atoms with Crippen LogP contribution in [-0.2, 0) is 9.53 Å². The van der Waals surface area contributed by atoms with E-state index >= 15 is 0 Å². The molecule has 1 atom stereocenters. The molecule has 1 aliphatic heterocycles. The van der Waals surface area contributed by atoms with Crippen LogP contribution in [0.2, 0.25) is 0 Å². The molecule has 0 saturated heterocycles. The fraction of sp³-hybridized carbons (Fsp3) is 0.500. The molecule has 0 saturated carbocycles. The van der Waals surface area contributed by atoms with Gasteiger partial charge in [0, 0.05) is 6.54 Å². The fourth-order valence-corrected chi connectivity index (χ4v) is 1.64. The highest BCUT2D eigenvalue weighted by Gasteiger charge is 2.27. The molecule has 2 heterocycles. The van der Waals surface area contributed by atoms with Crippen LogP contribution in [-0.4, -0.2) is 40.2 Å². The molecule has 2 rings (SSSR count). The molecule has 108 valence electrons. The first-order valence-electron chi connectivity index (χ1n) is 6.19. The van der Waals surface area contributed by atoms with Crippen LogP contribution in [0.25, 0.3) is 0 Å². The Kier molecular flexibility index (Phi) is 3.73. The van der Waals surface area contributed by atoms with E-state index in [1.807, 2.05) is 0 Å². The zero-order valence-electron chi connectivity index (χ0n) is 11.6. The number of ether oxygens (including phenoxy) is 1. The van der Waals surface area contributed by atoms with Crippen molar-refractivity contribution >= 4 is 23.5 Å². The van der Waals surface area contributed by atoms with Crippen LogP contribution in [0, 0.1) is 0 Å². The first-order chi connectivity index (χ1) is 9.35. The molecule has 0 radical (unpaired) electrons. The summed E-state index contributed by atoms with van der Waals surface area (Å²) in [5.41, 5.74) is -0.140. The molecule has 1 unspecified atom stereocenters. The Balaban J connectivity index is 2.02. The molecule has 0 aliphatic carbocycles. The van der Waals surface area contributed by atoms with Crippen LogP contribution in [0.3, 0.4) is 0 Å². The van der Waals surface area contributed by atoms with Gasteiger partial charge in [-0.2, -0.15) is 0 Å². The first kappa shape index (κ1) is 14.0. The molecule has 8 nitrogen and oxygen atoms in total. The summed E-state index contributed by atoms with van der Waals surface area (Å²) in [6, 6.07) is -0.751. The van der Waals surface area contributed by atoms with Crippen LogP contribution in [0.5, 0.6) is 0 Å². The molecule has 1 aliphatic rings. The highest BCUT2D eigenvalue weighted by atomic mass is 16.6. The third-order valence-electron chi connectivity index (χ3n) is 2.45. The highest BCUT2D eigenvalue weighted by Crippen LogP contribution is 2.19. The molecule has 0 spiro atoms. The molecule has 1 aromatic heterocycles. The number of rotatable bonds is 1. The number of aromatic nitrogens is 2. The Bertz CT molecular complexity index is 526. The average molecular weight is 279 g/mol. The molecule has 20 heavy (non-hydrogen) atoms. The maximum absolute atomic E-state index is 12.0. The second kappa shape index (κ2) is 5.32. The van der Waals surface area contributed by atoms with Crippen molar-refractivity contribution in [2.24, 2.45) is 0 Å². The third kappa shape index (κ3) is 3.56. The van der Waals surface area contributed by atoms with E-state index in [0.29, 0.717) is 11.5 Å². The zero-order chi connectivity index (χ0) is 14.8. The van der Waals surface area contributed by atoms with Crippen molar-refractivity contribution in [1.82, 2.24) is 15.3 Å². The second-order valence-corrected chi connectivity index (χ2v) is 5.35. The molecular weight excluding hydrogens is 262 g/mol. The van der Waals surface area contributed by atoms with Gasteiger partial charge in [0.15, 0.2) is 5.82 Å². The molecule has 3 N–H and O–H groups in total. The topological polar surface area (TPSA) is 105 Å². The van der Waals surface area contributed by atoms with E-state index in [2.05, 4.69) is 25.9 Å². The average Bonchev–Trinajstić information content (AvgIpc) is 2.47. The Morgan fingerprint density at radius 1 is 1.50 bits per heavy atom. The standard InChI is InChI=1S/C12H17N5O3/c1-12(2,3)20-11(19)17-8-5-14-9-7(16-10(8)18)4-13-6-15-9/h4,6,8H,5H2,1-3H3,(H,16,18)(H,17,19)(H,13,14,15). The lowest BCUT2D eigenvalue weighted by molar-refractivity contribution is -0.117. The van der Waals surface area contributed by atoms with Crippen LogP contribution >= 0.6 is 0 Å². The monoisotopic (exact) mass is 279 g/mol. The number of nitrogens with one attached hydrogen (secondary N) is 3. The Morgan fingerprint density at radius 3 is 2.95 bits per heavy atom. The van der Waals surface area contributed by atoms with Gasteiger partial charge < -0.3 is 20.7 Å². The fourth-order valence-electron chi connectivity index (χ4n) is 1.64. The number of hydrogen-bond acceptors (Lipinski definition) is 6. The molecule has 2 amide bonds. The lowest BCUT2D eigenvalue weighted by Crippen LogP contribution is -2.48. The van der Waals surface area contributed by atoms with Crippen molar-refractivity contribution in [1.29, 1.82) is 0 Å². The predicted octanol–water partition coefficient (Wildman–Crippen LogP) is 0.734. The quantitative estimate of drug-likeness (QED) is 0.700. The normalized spacial score (nSPS) is 18.1. The number of carbonyl (C=O) groups is 2. The second-order valence-electron chi connectivity index (χ2n) is 5.35. The van der Waals surface area contributed by atoms with E-state index in [9.17, 15) is 9.59 Å². The van der Waals surface area contributed by atoms with E-state index in [4.69, 9.17) is 4.74 Å². The van der Waals surface area contributed by atoms with E-state index in [0.717, 1.165) is 0 Å². The van der Waals surface area contributed by atoms with E-state index in [1.54, 1.807) is 20.8 Å². The number of anilines is 2. The van der Waals surface area contributed by atoms with Gasteiger partial charge in [-0.25, -0.2) is 14.8 Å². The van der Waals surface area contributed by atoms with Crippen LogP contribution < -0.4 is 16.0 Å². The van der Waals surface area contributed by atoms with Gasteiger partial charge in [0.25, 0.3) is 0 Å². The number of hydrogen-bond donors (Lipinski definition) is 3. The van der Waals surface area contributed by atoms with Crippen molar-refractivity contribution in [2.45, 2.75) is 32.4 Å². The number of fused-ring (bicyclic) bond motifs is 1. The van der Waals surface area contributed by atoms with Crippen LogP contribution in [0.15, 0.2) is 12.5 Å². The van der Waals surface area contributed by atoms with E-state index < -0.39 is 17.7 Å². The maximum Gasteiger partial charge on any atom is 0.408 e. The minimum atomic E-state index is -0.751. The van der Waals surface area contributed by atoms with Crippen molar-refractivity contribution in [3.63, 3.8) is 0 Å². The highest BCUT2D eigenvalue weighted by molar-refractivity contribution is 6.00. The van der Waals surface area contributed by atoms with Crippen molar-refractivity contribution in [2.75, 3.05) is 17.2 Å². The van der Waals surface area contributed by atoms with Crippen LogP contribution in [0.1, 0.15) is 20.8 Å². The summed E-state index contributed by atoms with van der Waals surface area (Å²) in [6.07, 6.45) is 2.22. The Labute approximate surface area is 116 Å². The zero-order valence-corrected chi connectivity index (χ0v) is 11.6. The summed E-state index contributed by atoms with van der Waals surface area (Å²) in [4.78, 5) is 31.5. The summed E-state index contributed by atoms with van der Waals surface area (Å²) in [6.45, 7) is 5.48. The smallest absolute Gasteiger partial charge is 0.408 e. The van der Waals surface area contributed by atoms with Gasteiger partial charge in [-0.3, -0.25) is 4.79 Å². The lowest BCUT2D eigenvalue weighted by atomic mass is 10.2. The molecule has 0 aromatic carbocycles. The van der Waals surface area contributed by atoms with Crippen molar-refractivity contribution < 1.29 is 14.3 Å². The minimum absolute atomic E-state index is 0.217. The summed E-state index contributed by atoms with van der Waals surface area (Å²) < 4.78 is 5.12. The first-order valence-corrected chi connectivity index (χ1v) is 6.19. The van der Waals surface area contributed by atoms with Gasteiger partial charge in [-0.15, -0.1) is 0 Å². The summed E-state index contributed by atoms with van der Waals surface area (Å²) in [7, 11) is 0. The molecule has 1 aromatic rings. The number of carbonyl (C=O) groups excluding carboxylic acids is 2. The van der Waals surface area contributed by atoms with Gasteiger partial charge >= 0.3 is 6.09 Å². The predicted molar refractivity (Wildman–Crippen MR) is 72.3 cm³/mol. The summed E-state index contributed by atoms with van der Waals surface area (Å²) in [5.74, 6) is 0.166. The summed E-state index contributed by atoms with van der Waals surface area (Å²) >= 11 is 0. The number of nitrogens with zero attached hydrogens (tertiary/aromatic N) is 2. The Morgan fingerprint density at radius 2 is 2.25 bits per heavy atom. The van der Waals surface area contributed by atoms with Gasteiger partial charge in [0.1, 0.15) is 23.7 Å². The van der Waals surface area contributed by atoms with Gasteiger partial charge in [0.2, 0.25) is 5.91 Å². The van der Waals surface area contributed by atoms with Gasteiger partial charge in [-0.1, -0.05) is 0 Å². The lowest BCUT2D eigenvalue weighted by Gasteiger charge is -2.22.